The van der Waals surface area contributed by atoms with E-state index in [9.17, 15) is 8.42 Å². The quantitative estimate of drug-likeness (QED) is 0.808. The first-order valence-corrected chi connectivity index (χ1v) is 6.31. The molecule has 0 aromatic heterocycles. The van der Waals surface area contributed by atoms with Crippen molar-refractivity contribution in [1.82, 2.24) is 4.72 Å². The number of halogens is 1. The van der Waals surface area contributed by atoms with Gasteiger partial charge in [-0.05, 0) is 24.3 Å². The molecule has 1 atom stereocenters. The number of rotatable bonds is 4. The van der Waals surface area contributed by atoms with E-state index in [1.165, 1.54) is 12.1 Å². The minimum Gasteiger partial charge on any atom is -0.372 e. The van der Waals surface area contributed by atoms with Crippen LogP contribution in [0.4, 0.5) is 0 Å². The zero-order valence-corrected chi connectivity index (χ0v) is 9.38. The van der Waals surface area contributed by atoms with Crippen molar-refractivity contribution in [2.24, 2.45) is 0 Å². The summed E-state index contributed by atoms with van der Waals surface area (Å²) in [6.07, 6.45) is 0.0343. The summed E-state index contributed by atoms with van der Waals surface area (Å²) in [6.45, 7) is 0.952. The maximum absolute atomic E-state index is 11.7. The smallest absolute Gasteiger partial charge is 0.240 e. The number of nitrogens with one attached hydrogen (secondary N) is 1. The van der Waals surface area contributed by atoms with Crippen LogP contribution in [0.25, 0.3) is 0 Å². The van der Waals surface area contributed by atoms with Gasteiger partial charge in [0.25, 0.3) is 0 Å². The summed E-state index contributed by atoms with van der Waals surface area (Å²) in [5.74, 6) is 0. The Balaban J connectivity index is 2.09. The van der Waals surface area contributed by atoms with E-state index in [0.717, 1.165) is 0 Å². The molecule has 1 aromatic carbocycles. The van der Waals surface area contributed by atoms with E-state index in [1.54, 1.807) is 12.1 Å². The lowest BCUT2D eigenvalue weighted by Crippen LogP contribution is -2.27. The summed E-state index contributed by atoms with van der Waals surface area (Å²) in [5, 5.41) is 0.513. The molecule has 1 unspecified atom stereocenters. The van der Waals surface area contributed by atoms with Crippen molar-refractivity contribution in [2.75, 3.05) is 13.2 Å². The van der Waals surface area contributed by atoms with Crippen molar-refractivity contribution in [1.29, 1.82) is 0 Å². The van der Waals surface area contributed by atoms with Crippen molar-refractivity contribution in [2.45, 2.75) is 11.0 Å². The van der Waals surface area contributed by atoms with Crippen LogP contribution in [0.2, 0.25) is 5.02 Å². The second-order valence-corrected chi connectivity index (χ2v) is 5.46. The molecule has 0 bridgehead atoms. The number of benzene rings is 1. The lowest BCUT2D eigenvalue weighted by Gasteiger charge is -2.04. The number of epoxide rings is 1. The molecule has 1 aliphatic rings. The molecule has 4 nitrogen and oxygen atoms in total. The minimum atomic E-state index is -3.42. The standard InChI is InChI=1S/C9H10ClNO3S/c10-7-1-3-9(4-2-7)15(12,13)11-5-8-6-14-8/h1-4,8,11H,5-6H2. The van der Waals surface area contributed by atoms with Gasteiger partial charge in [0, 0.05) is 11.6 Å². The second kappa shape index (κ2) is 4.09. The number of ether oxygens (including phenoxy) is 1. The Morgan fingerprint density at radius 2 is 2.00 bits per heavy atom. The predicted molar refractivity (Wildman–Crippen MR) is 56.4 cm³/mol. The van der Waals surface area contributed by atoms with Gasteiger partial charge in [0.05, 0.1) is 17.6 Å². The van der Waals surface area contributed by atoms with Crippen molar-refractivity contribution < 1.29 is 13.2 Å². The molecule has 1 saturated heterocycles. The highest BCUT2D eigenvalue weighted by atomic mass is 35.5. The van der Waals surface area contributed by atoms with Crippen molar-refractivity contribution in [3.8, 4) is 0 Å². The summed E-state index contributed by atoms with van der Waals surface area (Å²) in [6, 6.07) is 6.03. The first-order chi connectivity index (χ1) is 7.08. The van der Waals surface area contributed by atoms with E-state index < -0.39 is 10.0 Å². The Kier molecular flexibility index (Phi) is 2.97. The van der Waals surface area contributed by atoms with Crippen LogP contribution in [0, 0.1) is 0 Å². The molecule has 0 spiro atoms. The predicted octanol–water partition coefficient (Wildman–Crippen LogP) is 1.02. The van der Waals surface area contributed by atoms with Crippen molar-refractivity contribution >= 4 is 21.6 Å². The van der Waals surface area contributed by atoms with E-state index in [2.05, 4.69) is 4.72 Å². The van der Waals surface area contributed by atoms with E-state index in [0.29, 0.717) is 18.2 Å². The zero-order valence-electron chi connectivity index (χ0n) is 7.81. The molecule has 0 aliphatic carbocycles. The largest absolute Gasteiger partial charge is 0.372 e. The summed E-state index contributed by atoms with van der Waals surface area (Å²) in [4.78, 5) is 0.215. The van der Waals surface area contributed by atoms with Gasteiger partial charge >= 0.3 is 0 Å². The zero-order chi connectivity index (χ0) is 10.9. The monoisotopic (exact) mass is 247 g/mol. The molecule has 1 fully saturated rings. The van der Waals surface area contributed by atoms with Gasteiger partial charge < -0.3 is 4.74 Å². The van der Waals surface area contributed by atoms with Gasteiger partial charge in [0.1, 0.15) is 0 Å². The summed E-state index contributed by atoms with van der Waals surface area (Å²) in [5.41, 5.74) is 0. The molecule has 1 aliphatic heterocycles. The van der Waals surface area contributed by atoms with Crippen LogP contribution >= 0.6 is 11.6 Å². The fraction of sp³-hybridized carbons (Fsp3) is 0.333. The third-order valence-electron chi connectivity index (χ3n) is 2.03. The van der Waals surface area contributed by atoms with Gasteiger partial charge in [0.15, 0.2) is 0 Å². The highest BCUT2D eigenvalue weighted by molar-refractivity contribution is 7.89. The number of hydrogen-bond donors (Lipinski definition) is 1. The SMILES string of the molecule is O=S(=O)(NCC1CO1)c1ccc(Cl)cc1. The Morgan fingerprint density at radius 3 is 2.53 bits per heavy atom. The van der Waals surface area contributed by atoms with Gasteiger partial charge in [-0.25, -0.2) is 13.1 Å². The first-order valence-electron chi connectivity index (χ1n) is 4.45. The van der Waals surface area contributed by atoms with Crippen LogP contribution in [0.15, 0.2) is 29.2 Å². The first kappa shape index (κ1) is 10.9. The molecule has 2 rings (SSSR count). The molecule has 1 N–H and O–H groups in total. The van der Waals surface area contributed by atoms with E-state index in [-0.39, 0.29) is 11.0 Å². The molecule has 0 radical (unpaired) electrons. The molecular formula is C9H10ClNO3S. The maximum Gasteiger partial charge on any atom is 0.240 e. The van der Waals surface area contributed by atoms with Gasteiger partial charge in [0.2, 0.25) is 10.0 Å². The summed E-state index contributed by atoms with van der Waals surface area (Å²) < 4.78 is 30.7. The average Bonchev–Trinajstić information content (AvgIpc) is 2.99. The van der Waals surface area contributed by atoms with Crippen LogP contribution in [0.5, 0.6) is 0 Å². The number of sulfonamides is 1. The summed E-state index contributed by atoms with van der Waals surface area (Å²) >= 11 is 5.66. The van der Waals surface area contributed by atoms with Crippen LogP contribution in [0.1, 0.15) is 0 Å². The molecule has 6 heteroatoms. The Morgan fingerprint density at radius 1 is 1.40 bits per heavy atom. The minimum absolute atomic E-state index is 0.0343. The van der Waals surface area contributed by atoms with Crippen LogP contribution in [0.3, 0.4) is 0 Å². The fourth-order valence-electron chi connectivity index (χ4n) is 1.09. The second-order valence-electron chi connectivity index (χ2n) is 3.26. The highest BCUT2D eigenvalue weighted by Gasteiger charge is 2.25. The number of hydrogen-bond acceptors (Lipinski definition) is 3. The lowest BCUT2D eigenvalue weighted by molar-refractivity contribution is 0.406. The Labute approximate surface area is 93.2 Å². The molecule has 15 heavy (non-hydrogen) atoms. The van der Waals surface area contributed by atoms with Gasteiger partial charge in [-0.15, -0.1) is 0 Å². The van der Waals surface area contributed by atoms with E-state index in [1.807, 2.05) is 0 Å². The van der Waals surface area contributed by atoms with Crippen LogP contribution in [-0.4, -0.2) is 27.7 Å². The molecule has 0 saturated carbocycles. The molecule has 1 aromatic rings. The van der Waals surface area contributed by atoms with Crippen molar-refractivity contribution in [3.05, 3.63) is 29.3 Å². The molecule has 1 heterocycles. The third kappa shape index (κ3) is 2.92. The topological polar surface area (TPSA) is 58.7 Å². The van der Waals surface area contributed by atoms with Crippen LogP contribution in [-0.2, 0) is 14.8 Å². The van der Waals surface area contributed by atoms with Gasteiger partial charge in [-0.1, -0.05) is 11.6 Å². The Hall–Kier alpha value is -0.620. The fourth-order valence-corrected chi connectivity index (χ4v) is 2.28. The summed E-state index contributed by atoms with van der Waals surface area (Å²) in [7, 11) is -3.42. The highest BCUT2D eigenvalue weighted by Crippen LogP contribution is 2.14. The van der Waals surface area contributed by atoms with Gasteiger partial charge in [-0.2, -0.15) is 0 Å². The van der Waals surface area contributed by atoms with E-state index in [4.69, 9.17) is 16.3 Å². The van der Waals surface area contributed by atoms with Gasteiger partial charge in [-0.3, -0.25) is 0 Å². The average molecular weight is 248 g/mol. The normalized spacial score (nSPS) is 20.2. The molecule has 82 valence electrons. The Bertz CT molecular complexity index is 439. The van der Waals surface area contributed by atoms with Crippen LogP contribution < -0.4 is 4.72 Å². The molecular weight excluding hydrogens is 238 g/mol. The molecule has 0 amide bonds. The lowest BCUT2D eigenvalue weighted by atomic mass is 10.4. The maximum atomic E-state index is 11.7. The van der Waals surface area contributed by atoms with E-state index >= 15 is 0 Å². The third-order valence-corrected chi connectivity index (χ3v) is 3.72. The van der Waals surface area contributed by atoms with Crippen molar-refractivity contribution in [3.63, 3.8) is 0 Å².